The number of hydrogen-bond donors (Lipinski definition) is 1. The van der Waals surface area contributed by atoms with Gasteiger partial charge in [0.2, 0.25) is 0 Å². The van der Waals surface area contributed by atoms with E-state index in [0.29, 0.717) is 10.9 Å². The van der Waals surface area contributed by atoms with E-state index in [9.17, 15) is 4.79 Å². The number of nitrogens with zero attached hydrogens (tertiary/aromatic N) is 1. The molecule has 18 heavy (non-hydrogen) atoms. The van der Waals surface area contributed by atoms with Crippen molar-refractivity contribution in [2.24, 2.45) is 5.92 Å². The van der Waals surface area contributed by atoms with Crippen LogP contribution in [0.25, 0.3) is 0 Å². The van der Waals surface area contributed by atoms with E-state index in [-0.39, 0.29) is 5.97 Å². The van der Waals surface area contributed by atoms with Gasteiger partial charge < -0.3 is 10.1 Å². The summed E-state index contributed by atoms with van der Waals surface area (Å²) in [5.41, 5.74) is 0.749. The number of aryl methyl sites for hydroxylation is 1. The van der Waals surface area contributed by atoms with Gasteiger partial charge >= 0.3 is 5.97 Å². The second-order valence-electron chi connectivity index (χ2n) is 5.03. The highest BCUT2D eigenvalue weighted by Gasteiger charge is 2.21. The van der Waals surface area contributed by atoms with Gasteiger partial charge in [-0.3, -0.25) is 0 Å². The Labute approximate surface area is 112 Å². The van der Waals surface area contributed by atoms with E-state index < -0.39 is 0 Å². The lowest BCUT2D eigenvalue weighted by atomic mass is 9.87. The maximum atomic E-state index is 11.5. The number of nitrogens with one attached hydrogen (secondary N) is 1. The Kier molecular flexibility index (Phi) is 4.22. The highest BCUT2D eigenvalue weighted by Crippen LogP contribution is 2.29. The molecule has 0 atom stereocenters. The molecule has 5 heteroatoms. The molecule has 1 N–H and O–H groups in total. The number of esters is 1. The normalized spacial score (nSPS) is 23.7. The molecule has 0 aromatic carbocycles. The Morgan fingerprint density at radius 3 is 2.67 bits per heavy atom. The lowest BCUT2D eigenvalue weighted by Crippen LogP contribution is -2.25. The molecule has 2 rings (SSSR count). The number of rotatable bonds is 3. The van der Waals surface area contributed by atoms with Crippen molar-refractivity contribution in [1.82, 2.24) is 4.98 Å². The van der Waals surface area contributed by atoms with E-state index in [4.69, 9.17) is 4.74 Å². The standard InChI is InChI=1S/C13H20N2O2S/c1-8-4-6-10(7-5-8)15-13-14-9(2)11(18-13)12(16)17-3/h8,10H,4-7H2,1-3H3,(H,14,15). The first-order chi connectivity index (χ1) is 8.60. The Hall–Kier alpha value is -1.10. The van der Waals surface area contributed by atoms with Gasteiger partial charge in [0, 0.05) is 6.04 Å². The molecule has 0 saturated heterocycles. The summed E-state index contributed by atoms with van der Waals surface area (Å²) in [7, 11) is 1.40. The van der Waals surface area contributed by atoms with E-state index in [0.717, 1.165) is 16.7 Å². The zero-order chi connectivity index (χ0) is 13.1. The van der Waals surface area contributed by atoms with Crippen LogP contribution in [0.4, 0.5) is 5.13 Å². The third kappa shape index (κ3) is 3.02. The van der Waals surface area contributed by atoms with Gasteiger partial charge in [-0.15, -0.1) is 0 Å². The van der Waals surface area contributed by atoms with Crippen molar-refractivity contribution in [2.75, 3.05) is 12.4 Å². The zero-order valence-electron chi connectivity index (χ0n) is 11.2. The molecule has 0 aliphatic heterocycles. The Balaban J connectivity index is 2.00. The molecule has 1 aromatic heterocycles. The van der Waals surface area contributed by atoms with Crippen LogP contribution in [0.2, 0.25) is 0 Å². The number of ether oxygens (including phenoxy) is 1. The number of anilines is 1. The Bertz CT molecular complexity index is 423. The average molecular weight is 268 g/mol. The Morgan fingerprint density at radius 2 is 2.06 bits per heavy atom. The molecule has 0 unspecified atom stereocenters. The van der Waals surface area contributed by atoms with Crippen molar-refractivity contribution < 1.29 is 9.53 Å². The minimum atomic E-state index is -0.296. The van der Waals surface area contributed by atoms with Crippen LogP contribution in [0.15, 0.2) is 0 Å². The lowest BCUT2D eigenvalue weighted by molar-refractivity contribution is 0.0605. The van der Waals surface area contributed by atoms with Crippen molar-refractivity contribution >= 4 is 22.4 Å². The molecule has 0 spiro atoms. The summed E-state index contributed by atoms with van der Waals surface area (Å²) in [6.07, 6.45) is 4.92. The van der Waals surface area contributed by atoms with Crippen LogP contribution in [0.1, 0.15) is 48.0 Å². The molecular formula is C13H20N2O2S. The van der Waals surface area contributed by atoms with Gasteiger partial charge in [0.05, 0.1) is 12.8 Å². The van der Waals surface area contributed by atoms with Crippen LogP contribution in [0, 0.1) is 12.8 Å². The molecule has 4 nitrogen and oxygen atoms in total. The van der Waals surface area contributed by atoms with Crippen molar-refractivity contribution in [3.8, 4) is 0 Å². The number of hydrogen-bond acceptors (Lipinski definition) is 5. The minimum Gasteiger partial charge on any atom is -0.465 e. The van der Waals surface area contributed by atoms with E-state index in [1.807, 2.05) is 6.92 Å². The number of carbonyl (C=O) groups is 1. The predicted molar refractivity (Wildman–Crippen MR) is 73.2 cm³/mol. The first kappa shape index (κ1) is 13.3. The average Bonchev–Trinajstić information content (AvgIpc) is 2.72. The number of carbonyl (C=O) groups excluding carboxylic acids is 1. The number of thiazole rings is 1. The van der Waals surface area contributed by atoms with Crippen molar-refractivity contribution in [2.45, 2.75) is 45.6 Å². The summed E-state index contributed by atoms with van der Waals surface area (Å²) in [5, 5.41) is 4.28. The molecule has 1 saturated carbocycles. The summed E-state index contributed by atoms with van der Waals surface area (Å²) in [5.74, 6) is 0.544. The summed E-state index contributed by atoms with van der Waals surface area (Å²) in [6, 6.07) is 0.497. The summed E-state index contributed by atoms with van der Waals surface area (Å²) >= 11 is 1.39. The van der Waals surface area contributed by atoms with Gasteiger partial charge in [-0.2, -0.15) is 0 Å². The van der Waals surface area contributed by atoms with Crippen LogP contribution in [0.3, 0.4) is 0 Å². The second kappa shape index (κ2) is 5.69. The fraction of sp³-hybridized carbons (Fsp3) is 0.692. The van der Waals surface area contributed by atoms with E-state index >= 15 is 0 Å². The topological polar surface area (TPSA) is 51.2 Å². The minimum absolute atomic E-state index is 0.296. The molecule has 0 bridgehead atoms. The van der Waals surface area contributed by atoms with Gasteiger partial charge in [0.15, 0.2) is 5.13 Å². The first-order valence-electron chi connectivity index (χ1n) is 6.42. The zero-order valence-corrected chi connectivity index (χ0v) is 12.0. The van der Waals surface area contributed by atoms with Crippen molar-refractivity contribution in [3.63, 3.8) is 0 Å². The number of aromatic nitrogens is 1. The van der Waals surface area contributed by atoms with Gasteiger partial charge in [0.25, 0.3) is 0 Å². The van der Waals surface area contributed by atoms with E-state index in [1.54, 1.807) is 0 Å². The quantitative estimate of drug-likeness (QED) is 0.855. The molecule has 1 aliphatic carbocycles. The summed E-state index contributed by atoms with van der Waals surface area (Å²) in [4.78, 5) is 16.5. The van der Waals surface area contributed by atoms with Crippen LogP contribution >= 0.6 is 11.3 Å². The molecule has 100 valence electrons. The molecule has 0 amide bonds. The fourth-order valence-electron chi connectivity index (χ4n) is 2.32. The SMILES string of the molecule is COC(=O)c1sc(NC2CCC(C)CC2)nc1C. The van der Waals surface area contributed by atoms with Crippen molar-refractivity contribution in [1.29, 1.82) is 0 Å². The second-order valence-corrected chi connectivity index (χ2v) is 6.03. The van der Waals surface area contributed by atoms with E-state index in [2.05, 4.69) is 17.2 Å². The van der Waals surface area contributed by atoms with E-state index in [1.165, 1.54) is 44.1 Å². The predicted octanol–water partition coefficient (Wildman–Crippen LogP) is 3.23. The van der Waals surface area contributed by atoms with Crippen LogP contribution < -0.4 is 5.32 Å². The third-order valence-electron chi connectivity index (χ3n) is 3.51. The highest BCUT2D eigenvalue weighted by atomic mass is 32.1. The Morgan fingerprint density at radius 1 is 1.39 bits per heavy atom. The van der Waals surface area contributed by atoms with Crippen LogP contribution in [-0.2, 0) is 4.74 Å². The van der Waals surface area contributed by atoms with Gasteiger partial charge in [0.1, 0.15) is 4.88 Å². The van der Waals surface area contributed by atoms with Crippen molar-refractivity contribution in [3.05, 3.63) is 10.6 Å². The van der Waals surface area contributed by atoms with Gasteiger partial charge in [-0.25, -0.2) is 9.78 Å². The molecule has 1 aliphatic rings. The van der Waals surface area contributed by atoms with Crippen LogP contribution in [-0.4, -0.2) is 24.1 Å². The molecule has 1 aromatic rings. The lowest BCUT2D eigenvalue weighted by Gasteiger charge is -2.26. The fourth-order valence-corrected chi connectivity index (χ4v) is 3.28. The summed E-state index contributed by atoms with van der Waals surface area (Å²) in [6.45, 7) is 4.15. The monoisotopic (exact) mass is 268 g/mol. The molecule has 1 fully saturated rings. The molecular weight excluding hydrogens is 248 g/mol. The highest BCUT2D eigenvalue weighted by molar-refractivity contribution is 7.17. The molecule has 0 radical (unpaired) electrons. The first-order valence-corrected chi connectivity index (χ1v) is 7.24. The summed E-state index contributed by atoms with van der Waals surface area (Å²) < 4.78 is 4.74. The largest absolute Gasteiger partial charge is 0.465 e. The third-order valence-corrected chi connectivity index (χ3v) is 4.58. The molecule has 1 heterocycles. The smallest absolute Gasteiger partial charge is 0.350 e. The maximum absolute atomic E-state index is 11.5. The maximum Gasteiger partial charge on any atom is 0.350 e. The number of methoxy groups -OCH3 is 1. The van der Waals surface area contributed by atoms with Gasteiger partial charge in [-0.1, -0.05) is 18.3 Å². The van der Waals surface area contributed by atoms with Gasteiger partial charge in [-0.05, 0) is 38.5 Å². The van der Waals surface area contributed by atoms with Crippen LogP contribution in [0.5, 0.6) is 0 Å².